The molecule has 1 aliphatic rings. The molecule has 6 heteroatoms. The van der Waals surface area contributed by atoms with Crippen LogP contribution in [0.15, 0.2) is 59.7 Å². The quantitative estimate of drug-likeness (QED) is 0.684. The van der Waals surface area contributed by atoms with Crippen molar-refractivity contribution in [2.24, 2.45) is 0 Å². The Labute approximate surface area is 176 Å². The fraction of sp³-hybridized carbons (Fsp3) is 0.208. The summed E-state index contributed by atoms with van der Waals surface area (Å²) in [6, 6.07) is 14.9. The van der Waals surface area contributed by atoms with Gasteiger partial charge in [-0.05, 0) is 47.5 Å². The zero-order valence-electron chi connectivity index (χ0n) is 17.4. The Bertz CT molecular complexity index is 937. The van der Waals surface area contributed by atoms with E-state index in [0.29, 0.717) is 13.1 Å². The number of anilines is 2. The number of hydrogen-bond donors (Lipinski definition) is 3. The Balaban J connectivity index is 1.80. The van der Waals surface area contributed by atoms with Crippen LogP contribution in [-0.2, 0) is 14.4 Å². The Kier molecular flexibility index (Phi) is 6.59. The van der Waals surface area contributed by atoms with Gasteiger partial charge in [0.25, 0.3) is 0 Å². The van der Waals surface area contributed by atoms with Crippen LogP contribution < -0.4 is 15.5 Å². The highest BCUT2D eigenvalue weighted by atomic mass is 16.2. The number of nitrogens with one attached hydrogen (secondary N) is 3. The molecule has 1 fully saturated rings. The van der Waals surface area contributed by atoms with Crippen LogP contribution in [0.4, 0.5) is 11.4 Å². The number of amides is 2. The summed E-state index contributed by atoms with van der Waals surface area (Å²) >= 11 is 0. The summed E-state index contributed by atoms with van der Waals surface area (Å²) in [6.07, 6.45) is 3.83. The normalized spacial score (nSPS) is 19.0. The summed E-state index contributed by atoms with van der Waals surface area (Å²) in [7, 11) is 2.06. The topological polar surface area (TPSA) is 79.7 Å². The number of benzene rings is 2. The van der Waals surface area contributed by atoms with Gasteiger partial charge in [0.05, 0.1) is 18.2 Å². The third kappa shape index (κ3) is 5.75. The molecule has 30 heavy (non-hydrogen) atoms. The van der Waals surface area contributed by atoms with Gasteiger partial charge in [-0.2, -0.15) is 0 Å². The number of likely N-dealkylation sites (tertiary alicyclic amines) is 1. The average molecular weight is 404 g/mol. The monoisotopic (exact) mass is 404 g/mol. The molecule has 2 amide bonds. The molecule has 0 bridgehead atoms. The molecule has 2 aromatic carbocycles. The number of carbonyl (C=O) groups excluding carboxylic acids is 3. The molecule has 6 nitrogen and oxygen atoms in total. The largest absolute Gasteiger partial charge is 0.330 e. The fourth-order valence-electron chi connectivity index (χ4n) is 3.45. The highest BCUT2D eigenvalue weighted by Crippen LogP contribution is 2.18. The molecule has 0 aliphatic carbocycles. The van der Waals surface area contributed by atoms with Crippen LogP contribution in [0.5, 0.6) is 0 Å². The lowest BCUT2D eigenvalue weighted by molar-refractivity contribution is -0.870. The first-order valence-corrected chi connectivity index (χ1v) is 9.82. The second-order valence-electron chi connectivity index (χ2n) is 7.59. The van der Waals surface area contributed by atoms with E-state index in [2.05, 4.69) is 17.7 Å². The van der Waals surface area contributed by atoms with E-state index in [-0.39, 0.29) is 17.6 Å². The van der Waals surface area contributed by atoms with E-state index in [1.54, 1.807) is 0 Å². The molecule has 0 radical (unpaired) electrons. The molecule has 1 atom stereocenters. The van der Waals surface area contributed by atoms with Crippen molar-refractivity contribution in [3.8, 4) is 0 Å². The first-order valence-electron chi connectivity index (χ1n) is 9.82. The van der Waals surface area contributed by atoms with Crippen molar-refractivity contribution in [2.45, 2.75) is 13.8 Å². The lowest BCUT2D eigenvalue weighted by Crippen LogP contribution is -3.10. The lowest BCUT2D eigenvalue weighted by atomic mass is 9.94. The van der Waals surface area contributed by atoms with Crippen LogP contribution in [0.1, 0.15) is 25.0 Å². The summed E-state index contributed by atoms with van der Waals surface area (Å²) in [5.74, 6) is -0.181. The standard InChI is InChI=1S/C24H25N3O3/c1-16(28)25-22-8-4-18(5-9-22)12-20-14-27(3)15-21(24(20)30)13-19-6-10-23(11-7-19)26-17(2)29/h4-13H,14-15H2,1-3H3,(H,25,28)(H,26,29)/p+1/b20-12-,21-13+. The van der Waals surface area contributed by atoms with Crippen molar-refractivity contribution in [2.75, 3.05) is 30.8 Å². The zero-order valence-corrected chi connectivity index (χ0v) is 17.4. The number of likely N-dealkylation sites (N-methyl/N-ethyl adjacent to an activating group) is 1. The third-order valence-corrected chi connectivity index (χ3v) is 4.71. The van der Waals surface area contributed by atoms with E-state index in [4.69, 9.17) is 0 Å². The van der Waals surface area contributed by atoms with Gasteiger partial charge in [-0.15, -0.1) is 0 Å². The van der Waals surface area contributed by atoms with Crippen molar-refractivity contribution < 1.29 is 19.3 Å². The van der Waals surface area contributed by atoms with Crippen LogP contribution in [0.3, 0.4) is 0 Å². The summed E-state index contributed by atoms with van der Waals surface area (Å²) in [4.78, 5) is 36.6. The Morgan fingerprint density at radius 3 is 1.47 bits per heavy atom. The predicted octanol–water partition coefficient (Wildman–Crippen LogP) is 2.17. The number of piperidine rings is 1. The van der Waals surface area contributed by atoms with Crippen molar-refractivity contribution in [3.05, 3.63) is 70.8 Å². The van der Waals surface area contributed by atoms with Gasteiger partial charge in [-0.3, -0.25) is 14.4 Å². The molecule has 1 heterocycles. The van der Waals surface area contributed by atoms with Gasteiger partial charge >= 0.3 is 0 Å². The molecule has 0 spiro atoms. The van der Waals surface area contributed by atoms with Gasteiger partial charge in [0.15, 0.2) is 5.78 Å². The molecule has 1 unspecified atom stereocenters. The highest BCUT2D eigenvalue weighted by Gasteiger charge is 2.27. The van der Waals surface area contributed by atoms with E-state index in [1.165, 1.54) is 18.7 Å². The predicted molar refractivity (Wildman–Crippen MR) is 119 cm³/mol. The van der Waals surface area contributed by atoms with Crippen LogP contribution in [0.25, 0.3) is 12.2 Å². The van der Waals surface area contributed by atoms with Crippen molar-refractivity contribution in [1.82, 2.24) is 0 Å². The van der Waals surface area contributed by atoms with E-state index >= 15 is 0 Å². The molecular weight excluding hydrogens is 378 g/mol. The van der Waals surface area contributed by atoms with Gasteiger partial charge in [-0.25, -0.2) is 0 Å². The summed E-state index contributed by atoms with van der Waals surface area (Å²) in [6.45, 7) is 4.25. The lowest BCUT2D eigenvalue weighted by Gasteiger charge is -2.23. The average Bonchev–Trinajstić information content (AvgIpc) is 2.67. The Morgan fingerprint density at radius 2 is 1.13 bits per heavy atom. The van der Waals surface area contributed by atoms with Crippen LogP contribution in [-0.4, -0.2) is 37.7 Å². The highest BCUT2D eigenvalue weighted by molar-refractivity contribution is 6.14. The molecule has 2 aromatic rings. The van der Waals surface area contributed by atoms with Gasteiger partial charge in [0.1, 0.15) is 13.1 Å². The van der Waals surface area contributed by atoms with E-state index in [0.717, 1.165) is 33.6 Å². The third-order valence-electron chi connectivity index (χ3n) is 4.71. The minimum Gasteiger partial charge on any atom is -0.330 e. The van der Waals surface area contributed by atoms with Gasteiger partial charge in [0, 0.05) is 25.2 Å². The summed E-state index contributed by atoms with van der Waals surface area (Å²) < 4.78 is 0. The van der Waals surface area contributed by atoms with Crippen LogP contribution in [0, 0.1) is 0 Å². The van der Waals surface area contributed by atoms with Gasteiger partial charge in [-0.1, -0.05) is 24.3 Å². The summed E-state index contributed by atoms with van der Waals surface area (Å²) in [5.41, 5.74) is 4.80. The molecule has 3 rings (SSSR count). The number of ketones is 1. The first-order chi connectivity index (χ1) is 14.3. The van der Waals surface area contributed by atoms with Crippen LogP contribution in [0.2, 0.25) is 0 Å². The molecule has 1 saturated heterocycles. The van der Waals surface area contributed by atoms with Crippen LogP contribution >= 0.6 is 0 Å². The number of Topliss-reactive ketones (excluding diaryl/α,β-unsaturated/α-hetero) is 1. The van der Waals surface area contributed by atoms with Gasteiger partial charge in [0.2, 0.25) is 11.8 Å². The summed E-state index contributed by atoms with van der Waals surface area (Å²) in [5, 5.41) is 5.47. The SMILES string of the molecule is CC(=O)Nc1ccc(/C=C2/C[NH+](C)C/C(=C\c3ccc(NC(C)=O)cc3)C2=O)cc1. The van der Waals surface area contributed by atoms with E-state index in [9.17, 15) is 14.4 Å². The van der Waals surface area contributed by atoms with Gasteiger partial charge < -0.3 is 15.5 Å². The maximum atomic E-state index is 13.0. The minimum atomic E-state index is -0.117. The molecule has 0 saturated carbocycles. The fourth-order valence-corrected chi connectivity index (χ4v) is 3.45. The second kappa shape index (κ2) is 9.33. The molecular formula is C24H26N3O3+. The Morgan fingerprint density at radius 1 is 0.767 bits per heavy atom. The zero-order chi connectivity index (χ0) is 21.7. The molecule has 3 N–H and O–H groups in total. The number of quaternary nitrogens is 1. The molecule has 1 aliphatic heterocycles. The smallest absolute Gasteiger partial charge is 0.221 e. The molecule has 0 aromatic heterocycles. The Hall–Kier alpha value is -3.51. The van der Waals surface area contributed by atoms with Crippen molar-refractivity contribution in [1.29, 1.82) is 0 Å². The van der Waals surface area contributed by atoms with E-state index in [1.807, 2.05) is 60.7 Å². The van der Waals surface area contributed by atoms with Crippen molar-refractivity contribution in [3.63, 3.8) is 0 Å². The second-order valence-corrected chi connectivity index (χ2v) is 7.59. The molecule has 154 valence electrons. The van der Waals surface area contributed by atoms with Crippen molar-refractivity contribution >= 4 is 41.1 Å². The maximum Gasteiger partial charge on any atom is 0.221 e. The minimum absolute atomic E-state index is 0.0532. The number of carbonyl (C=O) groups is 3. The number of hydrogen-bond acceptors (Lipinski definition) is 3. The number of rotatable bonds is 4. The van der Waals surface area contributed by atoms with E-state index < -0.39 is 0 Å². The first kappa shape index (κ1) is 21.2. The maximum absolute atomic E-state index is 13.0.